The Kier molecular flexibility index (Phi) is 6.30. The van der Waals surface area contributed by atoms with Gasteiger partial charge in [0.1, 0.15) is 23.0 Å². The number of para-hydroxylation sites is 1. The van der Waals surface area contributed by atoms with E-state index in [1.165, 1.54) is 0 Å². The van der Waals surface area contributed by atoms with Crippen LogP contribution in [-0.4, -0.2) is 24.2 Å². The lowest BCUT2D eigenvalue weighted by molar-refractivity contribution is -0.123. The van der Waals surface area contributed by atoms with Crippen LogP contribution in [-0.2, 0) is 11.2 Å². The van der Waals surface area contributed by atoms with E-state index < -0.39 is 0 Å². The van der Waals surface area contributed by atoms with Crippen LogP contribution in [0, 0.1) is 0 Å². The first-order chi connectivity index (χ1) is 13.2. The number of hydrogen-bond donors (Lipinski definition) is 2. The molecule has 0 aliphatic rings. The number of carbonyl (C=O) groups excluding carboxylic acids is 1. The van der Waals surface area contributed by atoms with Crippen LogP contribution in [0.2, 0.25) is 0 Å². The normalized spacial score (nSPS) is 10.2. The highest BCUT2D eigenvalue weighted by atomic mass is 16.5. The first kappa shape index (κ1) is 18.3. The Morgan fingerprint density at radius 2 is 1.56 bits per heavy atom. The van der Waals surface area contributed by atoms with Gasteiger partial charge in [0.05, 0.1) is 0 Å². The molecule has 1 amide bonds. The van der Waals surface area contributed by atoms with Crippen molar-refractivity contribution >= 4 is 5.91 Å². The average molecular weight is 363 g/mol. The molecule has 0 fully saturated rings. The third-order valence-electron chi connectivity index (χ3n) is 3.82. The highest BCUT2D eigenvalue weighted by Crippen LogP contribution is 2.23. The van der Waals surface area contributed by atoms with E-state index in [1.807, 2.05) is 36.4 Å². The quantitative estimate of drug-likeness (QED) is 0.636. The van der Waals surface area contributed by atoms with Gasteiger partial charge in [-0.25, -0.2) is 0 Å². The van der Waals surface area contributed by atoms with Gasteiger partial charge in [-0.1, -0.05) is 30.3 Å². The minimum Gasteiger partial charge on any atom is -0.508 e. The molecule has 3 aromatic carbocycles. The Bertz CT molecular complexity index is 863. The number of aromatic hydroxyl groups is 1. The fourth-order valence-electron chi connectivity index (χ4n) is 2.49. The lowest BCUT2D eigenvalue weighted by Crippen LogP contribution is -2.30. The van der Waals surface area contributed by atoms with Crippen molar-refractivity contribution in [3.63, 3.8) is 0 Å². The molecule has 27 heavy (non-hydrogen) atoms. The zero-order chi connectivity index (χ0) is 18.9. The molecule has 0 aliphatic carbocycles. The molecule has 3 aromatic rings. The first-order valence-corrected chi connectivity index (χ1v) is 8.69. The van der Waals surface area contributed by atoms with Crippen molar-refractivity contribution in [2.45, 2.75) is 6.42 Å². The highest BCUT2D eigenvalue weighted by Gasteiger charge is 2.04. The number of benzene rings is 3. The fourth-order valence-corrected chi connectivity index (χ4v) is 2.49. The number of nitrogens with one attached hydrogen (secondary N) is 1. The summed E-state index contributed by atoms with van der Waals surface area (Å²) in [6, 6.07) is 23.6. The molecule has 0 unspecified atom stereocenters. The average Bonchev–Trinajstić information content (AvgIpc) is 2.68. The van der Waals surface area contributed by atoms with Crippen molar-refractivity contribution < 1.29 is 19.4 Å². The molecule has 3 rings (SSSR count). The summed E-state index contributed by atoms with van der Waals surface area (Å²) in [5.41, 5.74) is 0.963. The zero-order valence-corrected chi connectivity index (χ0v) is 14.8. The SMILES string of the molecule is O=C(COc1ccc(Oc2ccccc2)cc1)NCCc1cccc(O)c1. The van der Waals surface area contributed by atoms with E-state index in [4.69, 9.17) is 9.47 Å². The molecule has 0 bridgehead atoms. The largest absolute Gasteiger partial charge is 0.508 e. The predicted molar refractivity (Wildman–Crippen MR) is 103 cm³/mol. The van der Waals surface area contributed by atoms with E-state index >= 15 is 0 Å². The molecule has 138 valence electrons. The van der Waals surface area contributed by atoms with E-state index in [0.29, 0.717) is 24.5 Å². The number of amides is 1. The van der Waals surface area contributed by atoms with E-state index in [-0.39, 0.29) is 18.3 Å². The first-order valence-electron chi connectivity index (χ1n) is 8.69. The standard InChI is InChI=1S/C22H21NO4/c24-18-6-4-5-17(15-18)13-14-23-22(25)16-26-19-9-11-21(12-10-19)27-20-7-2-1-3-8-20/h1-12,15,24H,13-14,16H2,(H,23,25). The third kappa shape index (κ3) is 6.08. The van der Waals surface area contributed by atoms with Crippen LogP contribution in [0.25, 0.3) is 0 Å². The maximum Gasteiger partial charge on any atom is 0.257 e. The molecule has 0 saturated heterocycles. The van der Waals surface area contributed by atoms with Gasteiger partial charge in [-0.15, -0.1) is 0 Å². The molecular weight excluding hydrogens is 342 g/mol. The predicted octanol–water partition coefficient (Wildman–Crippen LogP) is 3.92. The molecule has 2 N–H and O–H groups in total. The monoisotopic (exact) mass is 363 g/mol. The summed E-state index contributed by atoms with van der Waals surface area (Å²) in [6.45, 7) is 0.425. The van der Waals surface area contributed by atoms with Gasteiger partial charge < -0.3 is 19.9 Å². The van der Waals surface area contributed by atoms with Gasteiger partial charge in [-0.2, -0.15) is 0 Å². The molecule has 0 aromatic heterocycles. The fraction of sp³-hybridized carbons (Fsp3) is 0.136. The topological polar surface area (TPSA) is 67.8 Å². The summed E-state index contributed by atoms with van der Waals surface area (Å²) in [7, 11) is 0. The Hall–Kier alpha value is -3.47. The number of hydrogen-bond acceptors (Lipinski definition) is 4. The van der Waals surface area contributed by atoms with Crippen LogP contribution in [0.5, 0.6) is 23.0 Å². The molecule has 0 spiro atoms. The minimum absolute atomic E-state index is 0.0566. The van der Waals surface area contributed by atoms with Gasteiger partial charge in [-0.05, 0) is 60.5 Å². The molecule has 0 heterocycles. The second-order valence-corrected chi connectivity index (χ2v) is 5.95. The molecule has 5 nitrogen and oxygen atoms in total. The van der Waals surface area contributed by atoms with Crippen LogP contribution >= 0.6 is 0 Å². The zero-order valence-electron chi connectivity index (χ0n) is 14.8. The number of phenols is 1. The van der Waals surface area contributed by atoms with Crippen LogP contribution in [0.3, 0.4) is 0 Å². The Morgan fingerprint density at radius 3 is 2.30 bits per heavy atom. The van der Waals surface area contributed by atoms with Crippen molar-refractivity contribution in [1.29, 1.82) is 0 Å². The summed E-state index contributed by atoms with van der Waals surface area (Å²) >= 11 is 0. The van der Waals surface area contributed by atoms with Crippen molar-refractivity contribution in [3.05, 3.63) is 84.4 Å². The highest BCUT2D eigenvalue weighted by molar-refractivity contribution is 5.77. The number of phenolic OH excluding ortho intramolecular Hbond substituents is 1. The summed E-state index contributed by atoms with van der Waals surface area (Å²) in [4.78, 5) is 11.9. The van der Waals surface area contributed by atoms with Gasteiger partial charge in [0.25, 0.3) is 5.91 Å². The van der Waals surface area contributed by atoms with Gasteiger partial charge in [0, 0.05) is 6.54 Å². The minimum atomic E-state index is -0.195. The van der Waals surface area contributed by atoms with Gasteiger partial charge in [0.15, 0.2) is 6.61 Å². The lowest BCUT2D eigenvalue weighted by Gasteiger charge is -2.09. The van der Waals surface area contributed by atoms with Crippen LogP contribution in [0.1, 0.15) is 5.56 Å². The molecule has 0 saturated carbocycles. The van der Waals surface area contributed by atoms with E-state index in [0.717, 1.165) is 11.3 Å². The lowest BCUT2D eigenvalue weighted by atomic mass is 10.1. The third-order valence-corrected chi connectivity index (χ3v) is 3.82. The Labute approximate surface area is 158 Å². The number of ether oxygens (including phenoxy) is 2. The number of carbonyl (C=O) groups is 1. The Balaban J connectivity index is 1.39. The molecule has 0 aliphatic heterocycles. The summed E-state index contributed by atoms with van der Waals surface area (Å²) in [5, 5.41) is 12.2. The molecule has 5 heteroatoms. The van der Waals surface area contributed by atoms with Gasteiger partial charge in [0.2, 0.25) is 0 Å². The van der Waals surface area contributed by atoms with Crippen molar-refractivity contribution in [1.82, 2.24) is 5.32 Å². The van der Waals surface area contributed by atoms with Crippen molar-refractivity contribution in [2.75, 3.05) is 13.2 Å². The maximum atomic E-state index is 11.9. The second kappa shape index (κ2) is 9.29. The number of rotatable bonds is 8. The second-order valence-electron chi connectivity index (χ2n) is 5.95. The van der Waals surface area contributed by atoms with Crippen LogP contribution in [0.15, 0.2) is 78.9 Å². The van der Waals surface area contributed by atoms with Crippen molar-refractivity contribution in [2.24, 2.45) is 0 Å². The summed E-state index contributed by atoms with van der Waals surface area (Å²) < 4.78 is 11.2. The van der Waals surface area contributed by atoms with Crippen molar-refractivity contribution in [3.8, 4) is 23.0 Å². The van der Waals surface area contributed by atoms with Gasteiger partial charge in [-0.3, -0.25) is 4.79 Å². The smallest absolute Gasteiger partial charge is 0.257 e. The Morgan fingerprint density at radius 1 is 0.852 bits per heavy atom. The van der Waals surface area contributed by atoms with E-state index in [9.17, 15) is 9.90 Å². The summed E-state index contributed by atoms with van der Waals surface area (Å²) in [5.74, 6) is 2.08. The van der Waals surface area contributed by atoms with E-state index in [1.54, 1.807) is 42.5 Å². The van der Waals surface area contributed by atoms with Crippen LogP contribution in [0.4, 0.5) is 0 Å². The van der Waals surface area contributed by atoms with Crippen LogP contribution < -0.4 is 14.8 Å². The van der Waals surface area contributed by atoms with E-state index in [2.05, 4.69) is 5.32 Å². The molecule has 0 atom stereocenters. The molecule has 0 radical (unpaired) electrons. The maximum absolute atomic E-state index is 11.9. The van der Waals surface area contributed by atoms with Gasteiger partial charge >= 0.3 is 0 Å². The molecular formula is C22H21NO4. The summed E-state index contributed by atoms with van der Waals surface area (Å²) in [6.07, 6.45) is 0.645.